The van der Waals surface area contributed by atoms with Gasteiger partial charge in [0, 0.05) is 37.8 Å². The van der Waals surface area contributed by atoms with E-state index in [0.717, 1.165) is 56.3 Å². The number of carbonyl (C=O) groups excluding carboxylic acids is 1. The monoisotopic (exact) mass is 358 g/mol. The summed E-state index contributed by atoms with van der Waals surface area (Å²) in [4.78, 5) is 17.6. The van der Waals surface area contributed by atoms with Gasteiger partial charge in [-0.25, -0.2) is 0 Å². The van der Waals surface area contributed by atoms with Crippen molar-refractivity contribution in [1.82, 2.24) is 9.80 Å². The van der Waals surface area contributed by atoms with Crippen molar-refractivity contribution in [2.45, 2.75) is 44.7 Å². The van der Waals surface area contributed by atoms with Crippen LogP contribution in [0, 0.1) is 11.8 Å². The zero-order valence-corrected chi connectivity index (χ0v) is 15.5. The molecule has 0 radical (unpaired) electrons. The smallest absolute Gasteiger partial charge is 0.227 e. The maximum absolute atomic E-state index is 12.9. The van der Waals surface area contributed by atoms with Gasteiger partial charge in [-0.2, -0.15) is 0 Å². The summed E-state index contributed by atoms with van der Waals surface area (Å²) in [6.45, 7) is 3.93. The summed E-state index contributed by atoms with van der Waals surface area (Å²) < 4.78 is 5.69. The van der Waals surface area contributed by atoms with Crippen LogP contribution in [0.2, 0.25) is 0 Å². The highest BCUT2D eigenvalue weighted by Crippen LogP contribution is 2.34. The van der Waals surface area contributed by atoms with Crippen molar-refractivity contribution in [3.05, 3.63) is 29.8 Å². The van der Waals surface area contributed by atoms with Crippen molar-refractivity contribution in [2.75, 3.05) is 32.8 Å². The second-order valence-corrected chi connectivity index (χ2v) is 8.09. The van der Waals surface area contributed by atoms with Gasteiger partial charge in [0.2, 0.25) is 5.91 Å². The molecule has 1 aliphatic carbocycles. The first-order valence-corrected chi connectivity index (χ1v) is 10.1. The number of rotatable bonds is 7. The number of carbonyl (C=O) groups is 1. The van der Waals surface area contributed by atoms with E-state index in [9.17, 15) is 4.79 Å². The zero-order valence-electron chi connectivity index (χ0n) is 15.5. The van der Waals surface area contributed by atoms with Crippen LogP contribution in [0.5, 0.6) is 5.75 Å². The Hall–Kier alpha value is -1.59. The van der Waals surface area contributed by atoms with Gasteiger partial charge in [0.1, 0.15) is 12.4 Å². The third kappa shape index (κ3) is 3.74. The van der Waals surface area contributed by atoms with E-state index in [0.29, 0.717) is 18.6 Å². The number of hydrogen-bond donors (Lipinski definition) is 1. The molecule has 1 amide bonds. The molecule has 142 valence electrons. The van der Waals surface area contributed by atoms with Gasteiger partial charge in [-0.05, 0) is 37.7 Å². The van der Waals surface area contributed by atoms with E-state index in [1.807, 2.05) is 18.2 Å². The first-order chi connectivity index (χ1) is 12.7. The second-order valence-electron chi connectivity index (χ2n) is 8.09. The molecule has 0 spiro atoms. The number of nitrogens with zero attached hydrogens (tertiary/aromatic N) is 2. The lowest BCUT2D eigenvalue weighted by Gasteiger charge is -2.40. The fraction of sp³-hybridized carbons (Fsp3) is 0.667. The van der Waals surface area contributed by atoms with Gasteiger partial charge >= 0.3 is 0 Å². The van der Waals surface area contributed by atoms with E-state index < -0.39 is 0 Å². The van der Waals surface area contributed by atoms with Crippen LogP contribution in [-0.2, 0) is 11.3 Å². The fourth-order valence-electron chi connectivity index (χ4n) is 4.62. The third-order valence-electron chi connectivity index (χ3n) is 6.26. The summed E-state index contributed by atoms with van der Waals surface area (Å²) in [5, 5.41) is 9.03. The Morgan fingerprint density at radius 1 is 1.12 bits per heavy atom. The molecule has 1 aromatic rings. The minimum Gasteiger partial charge on any atom is -0.491 e. The van der Waals surface area contributed by atoms with Gasteiger partial charge in [0.15, 0.2) is 0 Å². The van der Waals surface area contributed by atoms with Crippen molar-refractivity contribution < 1.29 is 14.6 Å². The van der Waals surface area contributed by atoms with Crippen molar-refractivity contribution >= 4 is 5.91 Å². The van der Waals surface area contributed by atoms with Gasteiger partial charge in [-0.1, -0.05) is 24.6 Å². The normalized spacial score (nSPS) is 26.7. The quantitative estimate of drug-likeness (QED) is 0.812. The van der Waals surface area contributed by atoms with E-state index in [4.69, 9.17) is 9.84 Å². The van der Waals surface area contributed by atoms with E-state index in [1.54, 1.807) is 0 Å². The molecule has 0 unspecified atom stereocenters. The standard InChI is InChI=1S/C21H30N2O3/c24-10-11-26-20-7-2-1-6-17(20)13-22-14-18-8-9-19(15-22)23(21(18)25)12-16-4-3-5-16/h1-2,6-7,16,18-19,24H,3-5,8-15H2/t18-,19+/m1/s1. The topological polar surface area (TPSA) is 53.0 Å². The summed E-state index contributed by atoms with van der Waals surface area (Å²) in [6.07, 6.45) is 6.09. The Kier molecular flexibility index (Phi) is 5.46. The van der Waals surface area contributed by atoms with Crippen molar-refractivity contribution in [1.29, 1.82) is 0 Å². The third-order valence-corrected chi connectivity index (χ3v) is 6.26. The average molecular weight is 358 g/mol. The molecule has 5 nitrogen and oxygen atoms in total. The minimum atomic E-state index is 0.0207. The van der Waals surface area contributed by atoms with E-state index in [2.05, 4.69) is 15.9 Å². The number of hydrogen-bond acceptors (Lipinski definition) is 4. The molecule has 5 heteroatoms. The second kappa shape index (κ2) is 7.97. The molecule has 4 fully saturated rings. The molecule has 1 aromatic carbocycles. The minimum absolute atomic E-state index is 0.0207. The largest absolute Gasteiger partial charge is 0.491 e. The van der Waals surface area contributed by atoms with Crippen LogP contribution in [0.3, 0.4) is 0 Å². The van der Waals surface area contributed by atoms with Crippen molar-refractivity contribution in [3.63, 3.8) is 0 Å². The Labute approximate surface area is 155 Å². The lowest BCUT2D eigenvalue weighted by atomic mass is 9.83. The maximum Gasteiger partial charge on any atom is 0.227 e. The Morgan fingerprint density at radius 3 is 2.73 bits per heavy atom. The van der Waals surface area contributed by atoms with Crippen LogP contribution in [0.1, 0.15) is 37.7 Å². The summed E-state index contributed by atoms with van der Waals surface area (Å²) in [5.74, 6) is 2.12. The van der Waals surface area contributed by atoms with Crippen molar-refractivity contribution in [2.24, 2.45) is 11.8 Å². The van der Waals surface area contributed by atoms with Crippen LogP contribution in [-0.4, -0.2) is 59.7 Å². The van der Waals surface area contributed by atoms with Crippen LogP contribution >= 0.6 is 0 Å². The summed E-state index contributed by atoms with van der Waals surface area (Å²) in [5.41, 5.74) is 1.14. The summed E-state index contributed by atoms with van der Waals surface area (Å²) in [6, 6.07) is 8.42. The molecule has 1 N–H and O–H groups in total. The molecule has 3 heterocycles. The molecule has 5 rings (SSSR count). The number of aliphatic hydroxyl groups excluding tert-OH is 1. The van der Waals surface area contributed by atoms with E-state index in [1.165, 1.54) is 19.3 Å². The molecule has 3 saturated heterocycles. The molecule has 3 aliphatic heterocycles. The maximum atomic E-state index is 12.9. The highest BCUT2D eigenvalue weighted by atomic mass is 16.5. The highest BCUT2D eigenvalue weighted by molar-refractivity contribution is 5.80. The Bertz CT molecular complexity index is 631. The molecule has 0 aromatic heterocycles. The Balaban J connectivity index is 1.45. The Morgan fingerprint density at radius 2 is 1.96 bits per heavy atom. The van der Waals surface area contributed by atoms with Crippen LogP contribution in [0.4, 0.5) is 0 Å². The van der Waals surface area contributed by atoms with Gasteiger partial charge in [0.05, 0.1) is 12.5 Å². The van der Waals surface area contributed by atoms with Gasteiger partial charge < -0.3 is 14.7 Å². The lowest BCUT2D eigenvalue weighted by molar-refractivity contribution is -0.141. The van der Waals surface area contributed by atoms with Crippen LogP contribution < -0.4 is 4.74 Å². The number of para-hydroxylation sites is 1. The number of fused-ring (bicyclic) bond motifs is 4. The zero-order chi connectivity index (χ0) is 17.9. The van der Waals surface area contributed by atoms with Crippen molar-refractivity contribution in [3.8, 4) is 5.75 Å². The summed E-state index contributed by atoms with van der Waals surface area (Å²) in [7, 11) is 0. The van der Waals surface area contributed by atoms with E-state index in [-0.39, 0.29) is 12.5 Å². The molecule has 4 aliphatic rings. The SMILES string of the molecule is O=C1[C@@H]2CC[C@@H](CN(Cc3ccccc3OCCO)C2)N1CC1CCC1. The number of piperidine rings is 1. The first-order valence-electron chi connectivity index (χ1n) is 10.1. The molecular weight excluding hydrogens is 328 g/mol. The molecule has 26 heavy (non-hydrogen) atoms. The first kappa shape index (κ1) is 17.8. The van der Waals surface area contributed by atoms with Gasteiger partial charge in [-0.3, -0.25) is 9.69 Å². The predicted octanol–water partition coefficient (Wildman–Crippen LogP) is 2.28. The number of benzene rings is 1. The van der Waals surface area contributed by atoms with Gasteiger partial charge in [-0.15, -0.1) is 0 Å². The summed E-state index contributed by atoms with van der Waals surface area (Å²) >= 11 is 0. The lowest BCUT2D eigenvalue weighted by Crippen LogP contribution is -2.50. The fourth-order valence-corrected chi connectivity index (χ4v) is 4.62. The van der Waals surface area contributed by atoms with Crippen LogP contribution in [0.25, 0.3) is 0 Å². The van der Waals surface area contributed by atoms with E-state index >= 15 is 0 Å². The highest BCUT2D eigenvalue weighted by Gasteiger charge is 2.41. The molecule has 1 saturated carbocycles. The number of ether oxygens (including phenoxy) is 1. The number of amides is 1. The predicted molar refractivity (Wildman–Crippen MR) is 99.9 cm³/mol. The number of aliphatic hydroxyl groups is 1. The molecule has 2 bridgehead atoms. The van der Waals surface area contributed by atoms with Crippen LogP contribution in [0.15, 0.2) is 24.3 Å². The molecular formula is C21H30N2O3. The average Bonchev–Trinajstić information content (AvgIpc) is 2.88. The molecule has 2 atom stereocenters. The van der Waals surface area contributed by atoms with Gasteiger partial charge in [0.25, 0.3) is 0 Å².